The maximum Gasteiger partial charge on any atom is 0.319 e. The first-order chi connectivity index (χ1) is 12.0. The molecule has 2 aromatic carbocycles. The van der Waals surface area contributed by atoms with E-state index in [1.54, 1.807) is 6.07 Å². The van der Waals surface area contributed by atoms with E-state index in [9.17, 15) is 9.18 Å². The van der Waals surface area contributed by atoms with E-state index in [0.717, 1.165) is 10.9 Å². The number of hydrogen-bond donors (Lipinski definition) is 2. The predicted octanol–water partition coefficient (Wildman–Crippen LogP) is 5.40. The number of rotatable bonds is 4. The third-order valence-corrected chi connectivity index (χ3v) is 4.20. The average Bonchev–Trinajstić information content (AvgIpc) is 2.90. The quantitative estimate of drug-likeness (QED) is 0.668. The molecule has 4 nitrogen and oxygen atoms in total. The minimum absolute atomic E-state index is 0.102. The first kappa shape index (κ1) is 17.0. The van der Waals surface area contributed by atoms with E-state index in [2.05, 4.69) is 10.6 Å². The Morgan fingerprint density at radius 1 is 1.12 bits per heavy atom. The second-order valence-corrected chi connectivity index (χ2v) is 6.42. The Bertz CT molecular complexity index is 887. The number of benzene rings is 2. The predicted molar refractivity (Wildman–Crippen MR) is 97.1 cm³/mol. The van der Waals surface area contributed by atoms with Crippen molar-refractivity contribution in [2.45, 2.75) is 26.8 Å². The van der Waals surface area contributed by atoms with Crippen molar-refractivity contribution >= 4 is 22.7 Å². The average molecular weight is 340 g/mol. The number of carbonyl (C=O) groups excluding carboxylic acids is 1. The normalized spacial score (nSPS) is 12.4. The summed E-state index contributed by atoms with van der Waals surface area (Å²) in [5, 5.41) is 6.50. The van der Waals surface area contributed by atoms with Crippen molar-refractivity contribution < 1.29 is 13.6 Å². The van der Waals surface area contributed by atoms with E-state index in [-0.39, 0.29) is 23.8 Å². The Kier molecular flexibility index (Phi) is 4.74. The summed E-state index contributed by atoms with van der Waals surface area (Å²) >= 11 is 0. The summed E-state index contributed by atoms with van der Waals surface area (Å²) in [5.74, 6) is 0.447. The summed E-state index contributed by atoms with van der Waals surface area (Å²) in [6.45, 7) is 5.88. The molecule has 130 valence electrons. The molecule has 0 saturated heterocycles. The standard InChI is InChI=1S/C20H21FN2O2/c1-12(2)18(23-20(24)22-15-7-5-4-6-8-15)19-13(3)16-11-14(21)9-10-17(16)25-19/h4-12,18H,1-3H3,(H2,22,23,24)/t18-/m0/s1. The van der Waals surface area contributed by atoms with E-state index < -0.39 is 0 Å². The fourth-order valence-corrected chi connectivity index (χ4v) is 2.87. The molecule has 1 aromatic heterocycles. The van der Waals surface area contributed by atoms with Gasteiger partial charge in [0.1, 0.15) is 17.2 Å². The molecule has 0 bridgehead atoms. The largest absolute Gasteiger partial charge is 0.459 e. The number of aryl methyl sites for hydroxylation is 1. The van der Waals surface area contributed by atoms with Gasteiger partial charge in [0.05, 0.1) is 6.04 Å². The highest BCUT2D eigenvalue weighted by atomic mass is 19.1. The van der Waals surface area contributed by atoms with Crippen molar-refractivity contribution in [3.05, 3.63) is 65.7 Å². The number of furan rings is 1. The van der Waals surface area contributed by atoms with Gasteiger partial charge in [-0.2, -0.15) is 0 Å². The zero-order valence-corrected chi connectivity index (χ0v) is 14.5. The van der Waals surface area contributed by atoms with Crippen LogP contribution in [0.4, 0.5) is 14.9 Å². The molecular formula is C20H21FN2O2. The van der Waals surface area contributed by atoms with Gasteiger partial charge < -0.3 is 15.1 Å². The third-order valence-electron chi connectivity index (χ3n) is 4.20. The summed E-state index contributed by atoms with van der Waals surface area (Å²) in [7, 11) is 0. The van der Waals surface area contributed by atoms with Crippen LogP contribution in [-0.4, -0.2) is 6.03 Å². The lowest BCUT2D eigenvalue weighted by molar-refractivity contribution is 0.241. The molecule has 5 heteroatoms. The topological polar surface area (TPSA) is 54.3 Å². The summed E-state index contributed by atoms with van der Waals surface area (Å²) in [4.78, 5) is 12.4. The van der Waals surface area contributed by atoms with Crippen LogP contribution in [0.3, 0.4) is 0 Å². The first-order valence-corrected chi connectivity index (χ1v) is 8.27. The van der Waals surface area contributed by atoms with Crippen LogP contribution < -0.4 is 10.6 Å². The first-order valence-electron chi connectivity index (χ1n) is 8.27. The number of anilines is 1. The molecule has 2 N–H and O–H groups in total. The van der Waals surface area contributed by atoms with Gasteiger partial charge in [-0.05, 0) is 43.2 Å². The van der Waals surface area contributed by atoms with Crippen LogP contribution in [-0.2, 0) is 0 Å². The Labute approximate surface area is 146 Å². The Balaban J connectivity index is 1.86. The molecule has 0 fully saturated rings. The number of para-hydroxylation sites is 1. The van der Waals surface area contributed by atoms with E-state index in [1.807, 2.05) is 51.1 Å². The summed E-state index contributed by atoms with van der Waals surface area (Å²) < 4.78 is 19.4. The number of carbonyl (C=O) groups is 1. The Morgan fingerprint density at radius 2 is 1.84 bits per heavy atom. The minimum atomic E-state index is -0.320. The molecule has 0 radical (unpaired) electrons. The fraction of sp³-hybridized carbons (Fsp3) is 0.250. The van der Waals surface area contributed by atoms with E-state index >= 15 is 0 Å². The summed E-state index contributed by atoms with van der Waals surface area (Å²) in [6, 6.07) is 13.0. The summed E-state index contributed by atoms with van der Waals surface area (Å²) in [5.41, 5.74) is 2.17. The molecule has 0 aliphatic carbocycles. The third kappa shape index (κ3) is 3.65. The number of hydrogen-bond acceptors (Lipinski definition) is 2. The molecule has 3 rings (SSSR count). The van der Waals surface area contributed by atoms with E-state index in [4.69, 9.17) is 4.42 Å². The van der Waals surface area contributed by atoms with Crippen LogP contribution in [0.2, 0.25) is 0 Å². The van der Waals surface area contributed by atoms with Gasteiger partial charge >= 0.3 is 6.03 Å². The van der Waals surface area contributed by atoms with E-state index in [0.29, 0.717) is 17.0 Å². The maximum absolute atomic E-state index is 13.5. The lowest BCUT2D eigenvalue weighted by Gasteiger charge is -2.21. The van der Waals surface area contributed by atoms with Crippen molar-refractivity contribution in [1.29, 1.82) is 0 Å². The number of nitrogens with one attached hydrogen (secondary N) is 2. The van der Waals surface area contributed by atoms with Crippen molar-refractivity contribution in [3.63, 3.8) is 0 Å². The van der Waals surface area contributed by atoms with Gasteiger partial charge in [-0.1, -0.05) is 32.0 Å². The second kappa shape index (κ2) is 6.97. The molecule has 0 spiro atoms. The second-order valence-electron chi connectivity index (χ2n) is 6.42. The number of amides is 2. The highest BCUT2D eigenvalue weighted by molar-refractivity contribution is 5.89. The maximum atomic E-state index is 13.5. The van der Waals surface area contributed by atoms with Gasteiger partial charge in [0, 0.05) is 16.6 Å². The molecule has 3 aromatic rings. The molecular weight excluding hydrogens is 319 g/mol. The molecule has 2 amide bonds. The van der Waals surface area contributed by atoms with Crippen molar-refractivity contribution in [3.8, 4) is 0 Å². The molecule has 1 heterocycles. The van der Waals surface area contributed by atoms with E-state index in [1.165, 1.54) is 12.1 Å². The Hall–Kier alpha value is -2.82. The summed E-state index contributed by atoms with van der Waals surface area (Å²) in [6.07, 6.45) is 0. The van der Waals surface area contributed by atoms with Crippen LogP contribution in [0.5, 0.6) is 0 Å². The molecule has 0 aliphatic heterocycles. The zero-order valence-electron chi connectivity index (χ0n) is 14.5. The minimum Gasteiger partial charge on any atom is -0.459 e. The fourth-order valence-electron chi connectivity index (χ4n) is 2.87. The van der Waals surface area contributed by atoms with Crippen molar-refractivity contribution in [2.75, 3.05) is 5.32 Å². The van der Waals surface area contributed by atoms with Crippen LogP contribution in [0.1, 0.15) is 31.2 Å². The van der Waals surface area contributed by atoms with Gasteiger partial charge in [0.2, 0.25) is 0 Å². The van der Waals surface area contributed by atoms with Gasteiger partial charge in [0.25, 0.3) is 0 Å². The molecule has 0 unspecified atom stereocenters. The lowest BCUT2D eigenvalue weighted by atomic mass is 9.98. The number of fused-ring (bicyclic) bond motifs is 1. The van der Waals surface area contributed by atoms with Crippen molar-refractivity contribution in [1.82, 2.24) is 5.32 Å². The van der Waals surface area contributed by atoms with Gasteiger partial charge in [-0.3, -0.25) is 0 Å². The molecule has 0 aliphatic rings. The zero-order chi connectivity index (χ0) is 18.0. The molecule has 25 heavy (non-hydrogen) atoms. The number of halogens is 1. The van der Waals surface area contributed by atoms with Crippen LogP contribution in [0.25, 0.3) is 11.0 Å². The van der Waals surface area contributed by atoms with Gasteiger partial charge in [-0.25, -0.2) is 9.18 Å². The molecule has 0 saturated carbocycles. The van der Waals surface area contributed by atoms with Crippen LogP contribution >= 0.6 is 0 Å². The molecule has 1 atom stereocenters. The number of urea groups is 1. The smallest absolute Gasteiger partial charge is 0.319 e. The van der Waals surface area contributed by atoms with Gasteiger partial charge in [-0.15, -0.1) is 0 Å². The van der Waals surface area contributed by atoms with Crippen molar-refractivity contribution in [2.24, 2.45) is 5.92 Å². The van der Waals surface area contributed by atoms with Crippen LogP contribution in [0, 0.1) is 18.7 Å². The highest BCUT2D eigenvalue weighted by Gasteiger charge is 2.25. The SMILES string of the molecule is Cc1c([C@@H](NC(=O)Nc2ccccc2)C(C)C)oc2ccc(F)cc12. The van der Waals surface area contributed by atoms with Crippen LogP contribution in [0.15, 0.2) is 52.9 Å². The highest BCUT2D eigenvalue weighted by Crippen LogP contribution is 2.33. The van der Waals surface area contributed by atoms with Gasteiger partial charge in [0.15, 0.2) is 0 Å². The Morgan fingerprint density at radius 3 is 2.52 bits per heavy atom. The monoisotopic (exact) mass is 340 g/mol. The lowest BCUT2D eigenvalue weighted by Crippen LogP contribution is -2.35.